The minimum absolute atomic E-state index is 0.215. The number of carbonyl (C=O) groups excluding carboxylic acids is 3. The van der Waals surface area contributed by atoms with Gasteiger partial charge in [0.2, 0.25) is 5.91 Å². The van der Waals surface area contributed by atoms with Gasteiger partial charge >= 0.3 is 5.97 Å². The molecule has 0 radical (unpaired) electrons. The zero-order valence-electron chi connectivity index (χ0n) is 13.6. The van der Waals surface area contributed by atoms with E-state index >= 15 is 0 Å². The zero-order valence-corrected chi connectivity index (χ0v) is 13.6. The molecule has 0 saturated carbocycles. The van der Waals surface area contributed by atoms with Gasteiger partial charge in [-0.3, -0.25) is 14.9 Å². The van der Waals surface area contributed by atoms with Gasteiger partial charge in [-0.15, -0.1) is 0 Å². The predicted octanol–water partition coefficient (Wildman–Crippen LogP) is 2.13. The molecule has 0 unspecified atom stereocenters. The molecule has 2 amide bonds. The molecule has 0 saturated heterocycles. The van der Waals surface area contributed by atoms with Crippen LogP contribution in [0.1, 0.15) is 37.0 Å². The lowest BCUT2D eigenvalue weighted by molar-refractivity contribution is -0.128. The van der Waals surface area contributed by atoms with Crippen LogP contribution in [0.15, 0.2) is 36.0 Å². The number of esters is 1. The topological polar surface area (TPSA) is 108 Å². The number of benzene rings is 1. The van der Waals surface area contributed by atoms with Gasteiger partial charge in [-0.25, -0.2) is 4.79 Å². The van der Waals surface area contributed by atoms with E-state index < -0.39 is 17.8 Å². The van der Waals surface area contributed by atoms with Gasteiger partial charge in [-0.2, -0.15) is 5.26 Å². The van der Waals surface area contributed by atoms with Gasteiger partial charge in [-0.1, -0.05) is 6.92 Å². The minimum Gasteiger partial charge on any atom is -0.462 e. The number of hydrogen-bond donors (Lipinski definition) is 2. The maximum absolute atomic E-state index is 11.8. The summed E-state index contributed by atoms with van der Waals surface area (Å²) in [6, 6.07) is 8.07. The number of carbonyl (C=O) groups is 3. The maximum atomic E-state index is 11.8. The van der Waals surface area contributed by atoms with Crippen LogP contribution in [0.25, 0.3) is 0 Å². The van der Waals surface area contributed by atoms with Gasteiger partial charge in [0, 0.05) is 18.3 Å². The van der Waals surface area contributed by atoms with Crippen LogP contribution in [0.4, 0.5) is 5.69 Å². The van der Waals surface area contributed by atoms with Gasteiger partial charge in [0.25, 0.3) is 5.91 Å². The summed E-state index contributed by atoms with van der Waals surface area (Å²) in [5.41, 5.74) is 0.743. The summed E-state index contributed by atoms with van der Waals surface area (Å²) >= 11 is 0. The number of hydrogen-bond acceptors (Lipinski definition) is 6. The van der Waals surface area contributed by atoms with Gasteiger partial charge < -0.3 is 10.1 Å². The number of imide groups is 1. The Morgan fingerprint density at radius 1 is 1.21 bits per heavy atom. The van der Waals surface area contributed by atoms with Crippen molar-refractivity contribution in [2.45, 2.75) is 26.7 Å². The van der Waals surface area contributed by atoms with Crippen molar-refractivity contribution in [1.82, 2.24) is 5.32 Å². The number of anilines is 1. The lowest BCUT2D eigenvalue weighted by Crippen LogP contribution is -2.31. The first-order chi connectivity index (χ1) is 11.5. The lowest BCUT2D eigenvalue weighted by Gasteiger charge is -2.05. The lowest BCUT2D eigenvalue weighted by atomic mass is 10.2. The highest BCUT2D eigenvalue weighted by Crippen LogP contribution is 2.11. The molecule has 126 valence electrons. The maximum Gasteiger partial charge on any atom is 0.338 e. The van der Waals surface area contributed by atoms with Crippen molar-refractivity contribution in [3.8, 4) is 6.07 Å². The molecule has 2 N–H and O–H groups in total. The summed E-state index contributed by atoms with van der Waals surface area (Å²) in [5.74, 6) is -1.61. The van der Waals surface area contributed by atoms with Gasteiger partial charge in [-0.05, 0) is 37.6 Å². The number of nitriles is 1. The molecule has 0 bridgehead atoms. The van der Waals surface area contributed by atoms with Crippen molar-refractivity contribution in [2.24, 2.45) is 0 Å². The second-order valence-electron chi connectivity index (χ2n) is 4.74. The molecule has 0 aliphatic carbocycles. The Hall–Kier alpha value is -3.14. The largest absolute Gasteiger partial charge is 0.462 e. The van der Waals surface area contributed by atoms with Crippen LogP contribution in [0.2, 0.25) is 0 Å². The number of amides is 2. The van der Waals surface area contributed by atoms with Crippen molar-refractivity contribution in [1.29, 1.82) is 5.26 Å². The fourth-order valence-corrected chi connectivity index (χ4v) is 1.70. The Labute approximate surface area is 140 Å². The highest BCUT2D eigenvalue weighted by molar-refractivity contribution is 6.06. The molecule has 0 atom stereocenters. The van der Waals surface area contributed by atoms with Crippen molar-refractivity contribution < 1.29 is 19.1 Å². The summed E-state index contributed by atoms with van der Waals surface area (Å²) < 4.78 is 4.87. The number of nitrogens with zero attached hydrogens (tertiary/aromatic N) is 1. The Kier molecular flexibility index (Phi) is 7.71. The summed E-state index contributed by atoms with van der Waals surface area (Å²) in [6.45, 7) is 3.82. The van der Waals surface area contributed by atoms with E-state index in [1.54, 1.807) is 37.3 Å². The van der Waals surface area contributed by atoms with Crippen LogP contribution in [0, 0.1) is 11.3 Å². The van der Waals surface area contributed by atoms with E-state index in [9.17, 15) is 14.4 Å². The Morgan fingerprint density at radius 3 is 2.42 bits per heavy atom. The smallest absolute Gasteiger partial charge is 0.338 e. The van der Waals surface area contributed by atoms with Crippen molar-refractivity contribution in [2.75, 3.05) is 11.9 Å². The first-order valence-electron chi connectivity index (χ1n) is 7.50. The normalized spacial score (nSPS) is 10.5. The summed E-state index contributed by atoms with van der Waals surface area (Å²) in [4.78, 5) is 34.7. The standard InChI is InChI=1S/C17H19N3O4/c1-3-5-15(21)20-16(22)13(10-18)11-19-14-8-6-12(7-9-14)17(23)24-4-2/h6-9,11,19H,3-5H2,1-2H3,(H,20,21,22)/b13-11-. The SMILES string of the molecule is CCCC(=O)NC(=O)/C(C#N)=C\Nc1ccc(C(=O)OCC)cc1. The molecule has 7 heteroatoms. The van der Waals surface area contributed by atoms with E-state index in [0.717, 1.165) is 0 Å². The third kappa shape index (κ3) is 5.93. The van der Waals surface area contributed by atoms with Gasteiger partial charge in [0.15, 0.2) is 0 Å². The van der Waals surface area contributed by atoms with Crippen LogP contribution in [-0.4, -0.2) is 24.4 Å². The van der Waals surface area contributed by atoms with E-state index in [4.69, 9.17) is 10.00 Å². The molecule has 1 aromatic carbocycles. The molecule has 0 aromatic heterocycles. The van der Waals surface area contributed by atoms with E-state index in [-0.39, 0.29) is 12.0 Å². The monoisotopic (exact) mass is 329 g/mol. The molecule has 0 fully saturated rings. The average molecular weight is 329 g/mol. The highest BCUT2D eigenvalue weighted by atomic mass is 16.5. The van der Waals surface area contributed by atoms with Crippen LogP contribution in [-0.2, 0) is 14.3 Å². The molecule has 0 aliphatic rings. The van der Waals surface area contributed by atoms with Crippen LogP contribution < -0.4 is 10.6 Å². The van der Waals surface area contributed by atoms with Crippen molar-refractivity contribution >= 4 is 23.5 Å². The first-order valence-corrected chi connectivity index (χ1v) is 7.50. The van der Waals surface area contributed by atoms with Crippen LogP contribution in [0.3, 0.4) is 0 Å². The Bertz CT molecular complexity index is 672. The summed E-state index contributed by atoms with van der Waals surface area (Å²) in [6.07, 6.45) is 2.02. The highest BCUT2D eigenvalue weighted by Gasteiger charge is 2.12. The minimum atomic E-state index is -0.758. The second-order valence-corrected chi connectivity index (χ2v) is 4.74. The molecular formula is C17H19N3O4. The van der Waals surface area contributed by atoms with Gasteiger partial charge in [0.05, 0.1) is 12.2 Å². The number of nitrogens with one attached hydrogen (secondary N) is 2. The molecule has 0 aliphatic heterocycles. The Balaban J connectivity index is 2.71. The van der Waals surface area contributed by atoms with E-state index in [1.165, 1.54) is 6.20 Å². The molecular weight excluding hydrogens is 310 g/mol. The van der Waals surface area contributed by atoms with Crippen LogP contribution in [0.5, 0.6) is 0 Å². The average Bonchev–Trinajstić information content (AvgIpc) is 2.56. The summed E-state index contributed by atoms with van der Waals surface area (Å²) in [5, 5.41) is 13.9. The quantitative estimate of drug-likeness (QED) is 0.451. The Morgan fingerprint density at radius 2 is 1.88 bits per heavy atom. The fraction of sp³-hybridized carbons (Fsp3) is 0.294. The zero-order chi connectivity index (χ0) is 17.9. The van der Waals surface area contributed by atoms with Crippen molar-refractivity contribution in [3.05, 3.63) is 41.6 Å². The van der Waals surface area contributed by atoms with E-state index in [0.29, 0.717) is 24.3 Å². The van der Waals surface area contributed by atoms with Gasteiger partial charge in [0.1, 0.15) is 11.6 Å². The van der Waals surface area contributed by atoms with E-state index in [1.807, 2.05) is 6.92 Å². The molecule has 0 spiro atoms. The molecule has 0 heterocycles. The number of ether oxygens (including phenoxy) is 1. The third-order valence-corrected chi connectivity index (χ3v) is 2.87. The fourth-order valence-electron chi connectivity index (χ4n) is 1.70. The second kappa shape index (κ2) is 9.79. The molecule has 7 nitrogen and oxygen atoms in total. The molecule has 1 aromatic rings. The molecule has 24 heavy (non-hydrogen) atoms. The molecule has 1 rings (SSSR count). The van der Waals surface area contributed by atoms with Crippen LogP contribution >= 0.6 is 0 Å². The van der Waals surface area contributed by atoms with Crippen molar-refractivity contribution in [3.63, 3.8) is 0 Å². The number of rotatable bonds is 7. The summed E-state index contributed by atoms with van der Waals surface area (Å²) in [7, 11) is 0. The predicted molar refractivity (Wildman–Crippen MR) is 87.8 cm³/mol. The van der Waals surface area contributed by atoms with E-state index in [2.05, 4.69) is 10.6 Å². The third-order valence-electron chi connectivity index (χ3n) is 2.87. The first kappa shape index (κ1) is 18.9.